The third-order valence-electron chi connectivity index (χ3n) is 1.42. The van der Waals surface area contributed by atoms with Gasteiger partial charge in [-0.2, -0.15) is 8.42 Å². The summed E-state index contributed by atoms with van der Waals surface area (Å²) in [4.78, 5) is 14.5. The standard InChI is InChI=1S/2C4H6N4.H2O4S.H2O/c2*5-3-1-4(6)8-2-7-3;1-5(2,3)4;/h2*1-2H,(H4,5,6,7,8);(H2,1,2,3,4);1H2. The van der Waals surface area contributed by atoms with Crippen molar-refractivity contribution in [1.82, 2.24) is 19.9 Å². The molecule has 13 nitrogen and oxygen atoms in total. The normalized spacial score (nSPS) is 9.18. The van der Waals surface area contributed by atoms with E-state index in [1.807, 2.05) is 0 Å². The number of hydrogen-bond acceptors (Lipinski definition) is 10. The van der Waals surface area contributed by atoms with Gasteiger partial charge in [0.05, 0.1) is 0 Å². The molecule has 0 atom stereocenters. The van der Waals surface area contributed by atoms with Crippen LogP contribution in [0.5, 0.6) is 0 Å². The molecule has 0 bridgehead atoms. The summed E-state index contributed by atoms with van der Waals surface area (Å²) in [7, 11) is -4.67. The lowest BCUT2D eigenvalue weighted by atomic mass is 10.5. The molecule has 0 aliphatic rings. The van der Waals surface area contributed by atoms with Crippen LogP contribution in [-0.2, 0) is 10.4 Å². The number of nitrogen functional groups attached to an aromatic ring is 4. The van der Waals surface area contributed by atoms with Gasteiger partial charge in [0.15, 0.2) is 0 Å². The smallest absolute Gasteiger partial charge is 0.394 e. The van der Waals surface area contributed by atoms with Gasteiger partial charge < -0.3 is 28.4 Å². The second-order valence-electron chi connectivity index (χ2n) is 3.18. The highest BCUT2D eigenvalue weighted by atomic mass is 32.3. The molecule has 0 radical (unpaired) electrons. The van der Waals surface area contributed by atoms with Crippen LogP contribution in [0, 0.1) is 0 Å². The third kappa shape index (κ3) is 15.2. The van der Waals surface area contributed by atoms with E-state index in [9.17, 15) is 0 Å². The molecule has 12 N–H and O–H groups in total. The lowest BCUT2D eigenvalue weighted by Crippen LogP contribution is -1.94. The van der Waals surface area contributed by atoms with E-state index in [4.69, 9.17) is 40.5 Å². The first-order valence-electron chi connectivity index (χ1n) is 4.94. The summed E-state index contributed by atoms with van der Waals surface area (Å²) in [5.41, 5.74) is 20.9. The number of anilines is 4. The fourth-order valence-corrected chi connectivity index (χ4v) is 0.777. The van der Waals surface area contributed by atoms with Crippen molar-refractivity contribution in [3.63, 3.8) is 0 Å². The van der Waals surface area contributed by atoms with Crippen molar-refractivity contribution in [2.45, 2.75) is 0 Å². The lowest BCUT2D eigenvalue weighted by Gasteiger charge is -1.89. The maximum atomic E-state index is 8.74. The topological polar surface area (TPSA) is 262 Å². The van der Waals surface area contributed by atoms with Crippen LogP contribution in [0.25, 0.3) is 0 Å². The molecule has 2 aromatic rings. The Morgan fingerprint density at radius 1 is 0.727 bits per heavy atom. The van der Waals surface area contributed by atoms with Crippen LogP contribution in [0.15, 0.2) is 24.8 Å². The van der Waals surface area contributed by atoms with Crippen molar-refractivity contribution in [2.75, 3.05) is 22.9 Å². The molecule has 0 fully saturated rings. The lowest BCUT2D eigenvalue weighted by molar-refractivity contribution is 0.381. The molecule has 0 aliphatic heterocycles. The van der Waals surface area contributed by atoms with E-state index >= 15 is 0 Å². The van der Waals surface area contributed by atoms with Gasteiger partial charge in [-0.3, -0.25) is 9.11 Å². The molecule has 0 spiro atoms. The predicted molar refractivity (Wildman–Crippen MR) is 79.5 cm³/mol. The van der Waals surface area contributed by atoms with Crippen molar-refractivity contribution in [2.24, 2.45) is 0 Å². The van der Waals surface area contributed by atoms with E-state index in [1.165, 1.54) is 24.8 Å². The van der Waals surface area contributed by atoms with Crippen molar-refractivity contribution < 1.29 is 23.0 Å². The Hall–Kier alpha value is -2.81. The highest BCUT2D eigenvalue weighted by Gasteiger charge is 1.85. The van der Waals surface area contributed by atoms with Gasteiger partial charge in [0, 0.05) is 12.1 Å². The molecule has 0 amide bonds. The molecular formula is C8H16N8O5S. The van der Waals surface area contributed by atoms with Gasteiger partial charge in [-0.25, -0.2) is 19.9 Å². The van der Waals surface area contributed by atoms with E-state index in [0.29, 0.717) is 23.3 Å². The van der Waals surface area contributed by atoms with Gasteiger partial charge in [-0.15, -0.1) is 0 Å². The van der Waals surface area contributed by atoms with Gasteiger partial charge in [0.1, 0.15) is 35.9 Å². The molecule has 0 aromatic carbocycles. The van der Waals surface area contributed by atoms with E-state index in [2.05, 4.69) is 19.9 Å². The zero-order chi connectivity index (χ0) is 16.5. The highest BCUT2D eigenvalue weighted by Crippen LogP contribution is 1.98. The number of nitrogens with zero attached hydrogens (tertiary/aromatic N) is 4. The van der Waals surface area contributed by atoms with E-state index in [1.54, 1.807) is 0 Å². The summed E-state index contributed by atoms with van der Waals surface area (Å²) in [6.45, 7) is 0. The molecule has 14 heteroatoms. The summed E-state index contributed by atoms with van der Waals surface area (Å²) >= 11 is 0. The molecule has 2 heterocycles. The predicted octanol–water partition coefficient (Wildman–Crippen LogP) is -2.20. The number of aromatic nitrogens is 4. The van der Waals surface area contributed by atoms with E-state index in [0.717, 1.165) is 0 Å². The Bertz CT molecular complexity index is 581. The van der Waals surface area contributed by atoms with Gasteiger partial charge >= 0.3 is 10.4 Å². The average Bonchev–Trinajstić information content (AvgIpc) is 2.26. The molecule has 0 saturated heterocycles. The molecule has 22 heavy (non-hydrogen) atoms. The minimum Gasteiger partial charge on any atom is -0.412 e. The first-order valence-corrected chi connectivity index (χ1v) is 6.33. The molecule has 124 valence electrons. The fourth-order valence-electron chi connectivity index (χ4n) is 0.777. The maximum Gasteiger partial charge on any atom is 0.394 e. The zero-order valence-corrected chi connectivity index (χ0v) is 11.8. The number of hydrogen-bond donors (Lipinski definition) is 6. The average molecular weight is 336 g/mol. The SMILES string of the molecule is Nc1cc(N)ncn1.Nc1cc(N)ncn1.O.O=S(=O)(O)O. The van der Waals surface area contributed by atoms with Crippen molar-refractivity contribution >= 4 is 33.7 Å². The van der Waals surface area contributed by atoms with Crippen LogP contribution in [0.2, 0.25) is 0 Å². The summed E-state index contributed by atoms with van der Waals surface area (Å²) in [5, 5.41) is 0. The molecule has 0 aliphatic carbocycles. The van der Waals surface area contributed by atoms with Crippen LogP contribution in [0.1, 0.15) is 0 Å². The van der Waals surface area contributed by atoms with Crippen LogP contribution in [0.4, 0.5) is 23.3 Å². The molecule has 2 aromatic heterocycles. The fraction of sp³-hybridized carbons (Fsp3) is 0. The quantitative estimate of drug-likeness (QED) is 0.280. The van der Waals surface area contributed by atoms with Crippen LogP contribution < -0.4 is 22.9 Å². The Kier molecular flexibility index (Phi) is 9.76. The Labute approximate surface area is 125 Å². The zero-order valence-electron chi connectivity index (χ0n) is 11.0. The minimum atomic E-state index is -4.67. The number of rotatable bonds is 0. The minimum absolute atomic E-state index is 0. The third-order valence-corrected chi connectivity index (χ3v) is 1.42. The summed E-state index contributed by atoms with van der Waals surface area (Å²) in [6.07, 6.45) is 2.65. The first kappa shape index (κ1) is 21.5. The van der Waals surface area contributed by atoms with Crippen molar-refractivity contribution in [1.29, 1.82) is 0 Å². The largest absolute Gasteiger partial charge is 0.412 e. The Morgan fingerprint density at radius 2 is 0.909 bits per heavy atom. The monoisotopic (exact) mass is 336 g/mol. The second-order valence-corrected chi connectivity index (χ2v) is 4.08. The van der Waals surface area contributed by atoms with Crippen LogP contribution >= 0.6 is 0 Å². The van der Waals surface area contributed by atoms with Crippen molar-refractivity contribution in [3.8, 4) is 0 Å². The number of nitrogens with two attached hydrogens (primary N) is 4. The molecule has 2 rings (SSSR count). The van der Waals surface area contributed by atoms with Gasteiger partial charge in [-0.1, -0.05) is 0 Å². The van der Waals surface area contributed by atoms with Gasteiger partial charge in [0.2, 0.25) is 0 Å². The van der Waals surface area contributed by atoms with E-state index in [-0.39, 0.29) is 5.48 Å². The Morgan fingerprint density at radius 3 is 1.00 bits per heavy atom. The first-order chi connectivity index (χ1) is 9.58. The summed E-state index contributed by atoms with van der Waals surface area (Å²) in [5.74, 6) is 1.60. The molecular weight excluding hydrogens is 320 g/mol. The van der Waals surface area contributed by atoms with E-state index < -0.39 is 10.4 Å². The molecule has 0 unspecified atom stereocenters. The van der Waals surface area contributed by atoms with Gasteiger partial charge in [0.25, 0.3) is 0 Å². The second kappa shape index (κ2) is 10.00. The van der Waals surface area contributed by atoms with Crippen LogP contribution in [-0.4, -0.2) is 42.9 Å². The van der Waals surface area contributed by atoms with Crippen LogP contribution in [0.3, 0.4) is 0 Å². The summed E-state index contributed by atoms with van der Waals surface area (Å²) in [6, 6.07) is 3.00. The summed E-state index contributed by atoms with van der Waals surface area (Å²) < 4.78 is 31.6. The molecule has 0 saturated carbocycles. The Balaban J connectivity index is 0. The van der Waals surface area contributed by atoms with Gasteiger partial charge in [-0.05, 0) is 0 Å². The highest BCUT2D eigenvalue weighted by molar-refractivity contribution is 7.79. The van der Waals surface area contributed by atoms with Crippen molar-refractivity contribution in [3.05, 3.63) is 24.8 Å². The maximum absolute atomic E-state index is 8.74.